The molecule has 0 radical (unpaired) electrons. The lowest BCUT2D eigenvalue weighted by Crippen LogP contribution is -2.30. The van der Waals surface area contributed by atoms with Crippen molar-refractivity contribution >= 4 is 17.4 Å². The molecule has 3 aromatic heterocycles. The number of nitrogens with two attached hydrogens (primary N) is 1. The minimum absolute atomic E-state index is 0.461. The number of anilines is 2. The monoisotopic (exact) mass is 419 g/mol. The number of hydrogen-bond acceptors (Lipinski definition) is 7. The molecule has 2 N–H and O–H groups in total. The van der Waals surface area contributed by atoms with Gasteiger partial charge in [0.05, 0.1) is 6.26 Å². The fourth-order valence-corrected chi connectivity index (χ4v) is 3.65. The number of hydrogen-bond donors (Lipinski definition) is 1. The highest BCUT2D eigenvalue weighted by Gasteiger charge is 2.16. The van der Waals surface area contributed by atoms with Gasteiger partial charge in [0.2, 0.25) is 5.82 Å². The summed E-state index contributed by atoms with van der Waals surface area (Å²) in [6, 6.07) is 15.9. The number of rotatable bonds is 10. The molecule has 31 heavy (non-hydrogen) atoms. The van der Waals surface area contributed by atoms with Crippen molar-refractivity contribution in [2.45, 2.75) is 26.8 Å². The number of aromatic nitrogens is 4. The van der Waals surface area contributed by atoms with Gasteiger partial charge in [0.1, 0.15) is 11.6 Å². The maximum Gasteiger partial charge on any atom is 0.256 e. The van der Waals surface area contributed by atoms with Gasteiger partial charge < -0.3 is 20.0 Å². The highest BCUT2D eigenvalue weighted by molar-refractivity contribution is 5.57. The average Bonchev–Trinajstić information content (AvgIpc) is 3.46. The summed E-state index contributed by atoms with van der Waals surface area (Å²) in [6.45, 7) is 9.17. The largest absolute Gasteiger partial charge is 0.461 e. The summed E-state index contributed by atoms with van der Waals surface area (Å²) in [7, 11) is 0. The zero-order valence-corrected chi connectivity index (χ0v) is 18.1. The van der Waals surface area contributed by atoms with Gasteiger partial charge in [-0.2, -0.15) is 14.5 Å². The van der Waals surface area contributed by atoms with E-state index in [4.69, 9.17) is 15.1 Å². The van der Waals surface area contributed by atoms with Gasteiger partial charge in [-0.3, -0.25) is 0 Å². The van der Waals surface area contributed by atoms with Crippen LogP contribution in [0.25, 0.3) is 17.4 Å². The Kier molecular flexibility index (Phi) is 6.47. The predicted octanol–water partition coefficient (Wildman–Crippen LogP) is 3.71. The van der Waals surface area contributed by atoms with Gasteiger partial charge in [0.25, 0.3) is 5.78 Å². The molecule has 0 unspecified atom stereocenters. The number of fused-ring (bicyclic) bond motifs is 1. The highest BCUT2D eigenvalue weighted by Crippen LogP contribution is 2.22. The average molecular weight is 420 g/mol. The molecule has 0 aliphatic carbocycles. The molecule has 0 spiro atoms. The minimum Gasteiger partial charge on any atom is -0.461 e. The molecule has 0 fully saturated rings. The van der Waals surface area contributed by atoms with E-state index < -0.39 is 0 Å². The normalized spacial score (nSPS) is 11.5. The summed E-state index contributed by atoms with van der Waals surface area (Å²) >= 11 is 0. The fraction of sp³-hybridized carbons (Fsp3) is 0.348. The van der Waals surface area contributed by atoms with Gasteiger partial charge in [0, 0.05) is 19.2 Å². The van der Waals surface area contributed by atoms with Crippen molar-refractivity contribution in [2.75, 3.05) is 36.8 Å². The highest BCUT2D eigenvalue weighted by atomic mass is 16.3. The van der Waals surface area contributed by atoms with E-state index in [1.807, 2.05) is 18.2 Å². The van der Waals surface area contributed by atoms with E-state index in [1.165, 1.54) is 5.56 Å². The molecule has 0 aliphatic rings. The van der Waals surface area contributed by atoms with Crippen LogP contribution in [0.1, 0.15) is 25.8 Å². The quantitative estimate of drug-likeness (QED) is 0.419. The first-order chi connectivity index (χ1) is 15.2. The zero-order valence-electron chi connectivity index (χ0n) is 18.1. The van der Waals surface area contributed by atoms with Crippen LogP contribution in [0.2, 0.25) is 0 Å². The molecule has 1 aromatic carbocycles. The van der Waals surface area contributed by atoms with Crippen molar-refractivity contribution < 1.29 is 4.42 Å². The Labute approximate surface area is 182 Å². The van der Waals surface area contributed by atoms with Crippen LogP contribution in [-0.4, -0.2) is 50.7 Å². The van der Waals surface area contributed by atoms with Gasteiger partial charge in [-0.25, -0.2) is 0 Å². The number of furan rings is 1. The van der Waals surface area contributed by atoms with Gasteiger partial charge in [-0.05, 0) is 43.8 Å². The molecule has 0 atom stereocenters. The first-order valence-corrected chi connectivity index (χ1v) is 10.8. The molecule has 0 saturated carbocycles. The molecule has 0 amide bonds. The Hall–Kier alpha value is -3.39. The van der Waals surface area contributed by atoms with Crippen molar-refractivity contribution in [1.29, 1.82) is 0 Å². The number of nitrogens with zero attached hydrogens (tertiary/aromatic N) is 6. The van der Waals surface area contributed by atoms with Crippen molar-refractivity contribution in [1.82, 2.24) is 24.5 Å². The van der Waals surface area contributed by atoms with Crippen LogP contribution in [0.3, 0.4) is 0 Å². The van der Waals surface area contributed by atoms with Crippen LogP contribution in [0, 0.1) is 0 Å². The molecular weight excluding hydrogens is 390 g/mol. The Balaban J connectivity index is 1.62. The van der Waals surface area contributed by atoms with Crippen molar-refractivity contribution in [3.8, 4) is 11.6 Å². The topological polar surface area (TPSA) is 88.7 Å². The summed E-state index contributed by atoms with van der Waals surface area (Å²) in [6.07, 6.45) is 2.63. The van der Waals surface area contributed by atoms with Gasteiger partial charge in [0.15, 0.2) is 5.76 Å². The SMILES string of the molecule is CCN(CC)CCCN(Cc1ccccc1)c1cc(N)n2nc(-c3ccco3)nc2n1. The third-order valence-electron chi connectivity index (χ3n) is 5.40. The molecule has 8 nitrogen and oxygen atoms in total. The molecule has 0 bridgehead atoms. The summed E-state index contributed by atoms with van der Waals surface area (Å²) in [5.41, 5.74) is 7.56. The Morgan fingerprint density at radius 1 is 1.00 bits per heavy atom. The first-order valence-electron chi connectivity index (χ1n) is 10.8. The maximum absolute atomic E-state index is 6.33. The van der Waals surface area contributed by atoms with Gasteiger partial charge in [-0.1, -0.05) is 44.2 Å². The maximum atomic E-state index is 6.33. The molecule has 4 rings (SSSR count). The lowest BCUT2D eigenvalue weighted by molar-refractivity contribution is 0.300. The van der Waals surface area contributed by atoms with E-state index in [1.54, 1.807) is 16.8 Å². The lowest BCUT2D eigenvalue weighted by atomic mass is 10.2. The van der Waals surface area contributed by atoms with E-state index in [0.717, 1.165) is 45.0 Å². The van der Waals surface area contributed by atoms with Crippen LogP contribution < -0.4 is 10.6 Å². The molecule has 162 valence electrons. The Morgan fingerprint density at radius 3 is 2.52 bits per heavy atom. The van der Waals surface area contributed by atoms with E-state index in [0.29, 0.717) is 23.2 Å². The van der Waals surface area contributed by atoms with Crippen molar-refractivity contribution in [3.05, 3.63) is 60.4 Å². The number of benzene rings is 1. The third kappa shape index (κ3) is 4.86. The van der Waals surface area contributed by atoms with Crippen molar-refractivity contribution in [2.24, 2.45) is 0 Å². The summed E-state index contributed by atoms with van der Waals surface area (Å²) < 4.78 is 6.97. The van der Waals surface area contributed by atoms with Crippen LogP contribution in [0.4, 0.5) is 11.6 Å². The summed E-state index contributed by atoms with van der Waals surface area (Å²) in [4.78, 5) is 14.0. The van der Waals surface area contributed by atoms with E-state index in [-0.39, 0.29) is 0 Å². The van der Waals surface area contributed by atoms with Gasteiger partial charge in [-0.15, -0.1) is 5.10 Å². The van der Waals surface area contributed by atoms with E-state index >= 15 is 0 Å². The van der Waals surface area contributed by atoms with Crippen LogP contribution >= 0.6 is 0 Å². The van der Waals surface area contributed by atoms with Crippen LogP contribution in [-0.2, 0) is 6.54 Å². The smallest absolute Gasteiger partial charge is 0.256 e. The molecule has 4 aromatic rings. The lowest BCUT2D eigenvalue weighted by Gasteiger charge is -2.26. The summed E-state index contributed by atoms with van der Waals surface area (Å²) in [5.74, 6) is 2.81. The Morgan fingerprint density at radius 2 is 1.81 bits per heavy atom. The predicted molar refractivity (Wildman–Crippen MR) is 123 cm³/mol. The standard InChI is InChI=1S/C23H29N7O/c1-3-28(4-2)13-9-14-29(17-18-10-6-5-7-11-18)21-16-20(24)30-23(25-21)26-22(27-30)19-12-8-15-31-19/h5-8,10-12,15-16H,3-4,9,13-14,17,24H2,1-2H3. The van der Waals surface area contributed by atoms with E-state index in [9.17, 15) is 0 Å². The van der Waals surface area contributed by atoms with Gasteiger partial charge >= 0.3 is 0 Å². The Bertz CT molecular complexity index is 1090. The first kappa shape index (κ1) is 20.9. The molecular formula is C23H29N7O. The van der Waals surface area contributed by atoms with Crippen LogP contribution in [0.15, 0.2) is 59.2 Å². The van der Waals surface area contributed by atoms with E-state index in [2.05, 4.69) is 58.0 Å². The molecule has 3 heterocycles. The molecule has 0 saturated heterocycles. The molecule has 0 aliphatic heterocycles. The summed E-state index contributed by atoms with van der Waals surface area (Å²) in [5, 5.41) is 4.45. The molecule has 8 heteroatoms. The second-order valence-corrected chi connectivity index (χ2v) is 7.45. The third-order valence-corrected chi connectivity index (χ3v) is 5.40. The second-order valence-electron chi connectivity index (χ2n) is 7.45. The van der Waals surface area contributed by atoms with Crippen LogP contribution in [0.5, 0.6) is 0 Å². The van der Waals surface area contributed by atoms with Crippen molar-refractivity contribution in [3.63, 3.8) is 0 Å². The fourth-order valence-electron chi connectivity index (χ4n) is 3.65. The minimum atomic E-state index is 0.461. The second kappa shape index (κ2) is 9.61. The zero-order chi connectivity index (χ0) is 21.6. The number of nitrogen functional groups attached to an aromatic ring is 1.